The highest BCUT2D eigenvalue weighted by Crippen LogP contribution is 2.34. The van der Waals surface area contributed by atoms with Gasteiger partial charge in [0, 0.05) is 0 Å². The molecule has 0 aliphatic rings. The third kappa shape index (κ3) is 2.74. The van der Waals surface area contributed by atoms with Crippen molar-refractivity contribution in [3.8, 4) is 11.5 Å². The molecule has 0 saturated heterocycles. The molecule has 0 fully saturated rings. The molecule has 0 radical (unpaired) electrons. The monoisotopic (exact) mass is 299 g/mol. The molecule has 0 aliphatic carbocycles. The number of carbonyl (C=O) groups is 1. The van der Waals surface area contributed by atoms with E-state index in [1.54, 1.807) is 32.0 Å². The third-order valence-corrected chi connectivity index (χ3v) is 3.06. The Balaban J connectivity index is 2.48. The first-order valence-electron chi connectivity index (χ1n) is 5.63. The van der Waals surface area contributed by atoms with Crippen LogP contribution >= 0.6 is 23.2 Å². The lowest BCUT2D eigenvalue weighted by Gasteiger charge is -2.01. The molecule has 0 bridgehead atoms. The van der Waals surface area contributed by atoms with Gasteiger partial charge in [0.15, 0.2) is 0 Å². The lowest BCUT2D eigenvalue weighted by atomic mass is 10.2. The van der Waals surface area contributed by atoms with Crippen LogP contribution in [0.4, 0.5) is 0 Å². The SMILES string of the molecule is CCOC(=O)c1oc(-c2c(Cl)cccc2Cl)nc1C. The molecule has 1 aromatic heterocycles. The minimum absolute atomic E-state index is 0.0628. The van der Waals surface area contributed by atoms with Gasteiger partial charge in [0.25, 0.3) is 0 Å². The Hall–Kier alpha value is -1.52. The van der Waals surface area contributed by atoms with E-state index in [1.807, 2.05) is 0 Å². The van der Waals surface area contributed by atoms with Gasteiger partial charge >= 0.3 is 5.97 Å². The zero-order valence-electron chi connectivity index (χ0n) is 10.4. The lowest BCUT2D eigenvalue weighted by molar-refractivity contribution is 0.0490. The van der Waals surface area contributed by atoms with Gasteiger partial charge in [0.1, 0.15) is 0 Å². The Kier molecular flexibility index (Phi) is 4.12. The molecule has 1 heterocycles. The topological polar surface area (TPSA) is 52.3 Å². The Morgan fingerprint density at radius 1 is 1.37 bits per heavy atom. The van der Waals surface area contributed by atoms with Crippen LogP contribution in [0.2, 0.25) is 10.0 Å². The van der Waals surface area contributed by atoms with Crippen molar-refractivity contribution >= 4 is 29.2 Å². The van der Waals surface area contributed by atoms with Crippen LogP contribution in [0.15, 0.2) is 22.6 Å². The number of aryl methyl sites for hydroxylation is 1. The van der Waals surface area contributed by atoms with Crippen LogP contribution in [0.5, 0.6) is 0 Å². The first kappa shape index (κ1) is 13.9. The van der Waals surface area contributed by atoms with Crippen LogP contribution in [-0.2, 0) is 4.74 Å². The number of nitrogens with zero attached hydrogens (tertiary/aromatic N) is 1. The number of esters is 1. The van der Waals surface area contributed by atoms with Crippen molar-refractivity contribution in [1.29, 1.82) is 0 Å². The van der Waals surface area contributed by atoms with Gasteiger partial charge in [0.05, 0.1) is 27.9 Å². The molecule has 1 aromatic carbocycles. The highest BCUT2D eigenvalue weighted by molar-refractivity contribution is 6.38. The molecule has 0 spiro atoms. The van der Waals surface area contributed by atoms with Gasteiger partial charge < -0.3 is 9.15 Å². The van der Waals surface area contributed by atoms with E-state index in [1.165, 1.54) is 0 Å². The average molecular weight is 300 g/mol. The van der Waals surface area contributed by atoms with Crippen molar-refractivity contribution in [2.24, 2.45) is 0 Å². The van der Waals surface area contributed by atoms with Crippen LogP contribution in [-0.4, -0.2) is 17.6 Å². The fourth-order valence-electron chi connectivity index (χ4n) is 1.59. The summed E-state index contributed by atoms with van der Waals surface area (Å²) in [7, 11) is 0. The largest absolute Gasteiger partial charge is 0.460 e. The Morgan fingerprint density at radius 2 is 2.00 bits per heavy atom. The molecule has 0 N–H and O–H groups in total. The van der Waals surface area contributed by atoms with Gasteiger partial charge in [-0.25, -0.2) is 9.78 Å². The standard InChI is InChI=1S/C13H11Cl2NO3/c1-3-18-13(17)11-7(2)16-12(19-11)10-8(14)5-4-6-9(10)15/h4-6H,3H2,1-2H3. The number of halogens is 2. The van der Waals surface area contributed by atoms with Gasteiger partial charge in [-0.2, -0.15) is 0 Å². The van der Waals surface area contributed by atoms with E-state index in [9.17, 15) is 4.79 Å². The molecule has 6 heteroatoms. The summed E-state index contributed by atoms with van der Waals surface area (Å²) in [4.78, 5) is 15.8. The van der Waals surface area contributed by atoms with Gasteiger partial charge in [0.2, 0.25) is 11.7 Å². The molecule has 2 rings (SSSR count). The molecular weight excluding hydrogens is 289 g/mol. The molecule has 0 unspecified atom stereocenters. The lowest BCUT2D eigenvalue weighted by Crippen LogP contribution is -2.04. The Labute approximate surface area is 120 Å². The van der Waals surface area contributed by atoms with Crippen LogP contribution in [0.3, 0.4) is 0 Å². The van der Waals surface area contributed by atoms with E-state index < -0.39 is 5.97 Å². The summed E-state index contributed by atoms with van der Waals surface area (Å²) in [5.74, 6) is -0.286. The summed E-state index contributed by atoms with van der Waals surface area (Å²) in [5, 5.41) is 0.813. The van der Waals surface area contributed by atoms with Crippen molar-refractivity contribution in [3.05, 3.63) is 39.7 Å². The number of ether oxygens (including phenoxy) is 1. The second-order valence-electron chi connectivity index (χ2n) is 3.75. The summed E-state index contributed by atoms with van der Waals surface area (Å²) in [5.41, 5.74) is 0.897. The zero-order valence-corrected chi connectivity index (χ0v) is 11.9. The van der Waals surface area contributed by atoms with E-state index in [4.69, 9.17) is 32.4 Å². The minimum atomic E-state index is -0.554. The molecule has 0 atom stereocenters. The van der Waals surface area contributed by atoms with Crippen LogP contribution < -0.4 is 0 Å². The number of carbonyl (C=O) groups excluding carboxylic acids is 1. The minimum Gasteiger partial charge on any atom is -0.460 e. The Bertz CT molecular complexity index is 602. The molecule has 19 heavy (non-hydrogen) atoms. The van der Waals surface area contributed by atoms with Crippen molar-refractivity contribution in [2.45, 2.75) is 13.8 Å². The maximum absolute atomic E-state index is 11.7. The van der Waals surface area contributed by atoms with E-state index in [-0.39, 0.29) is 18.3 Å². The van der Waals surface area contributed by atoms with Crippen molar-refractivity contribution in [3.63, 3.8) is 0 Å². The first-order chi connectivity index (χ1) is 9.04. The number of rotatable bonds is 3. The molecular formula is C13H11Cl2NO3. The summed E-state index contributed by atoms with van der Waals surface area (Å²) >= 11 is 12.1. The van der Waals surface area contributed by atoms with Crippen molar-refractivity contribution < 1.29 is 13.9 Å². The quantitative estimate of drug-likeness (QED) is 0.800. The first-order valence-corrected chi connectivity index (χ1v) is 6.39. The Morgan fingerprint density at radius 3 is 2.58 bits per heavy atom. The highest BCUT2D eigenvalue weighted by Gasteiger charge is 2.21. The average Bonchev–Trinajstić information content (AvgIpc) is 2.71. The van der Waals surface area contributed by atoms with Gasteiger partial charge in [-0.05, 0) is 26.0 Å². The van der Waals surface area contributed by atoms with Gasteiger partial charge in [-0.3, -0.25) is 0 Å². The van der Waals surface area contributed by atoms with Crippen LogP contribution in [0.25, 0.3) is 11.5 Å². The summed E-state index contributed by atoms with van der Waals surface area (Å²) in [6.45, 7) is 3.64. The molecule has 0 saturated carbocycles. The van der Waals surface area contributed by atoms with Crippen LogP contribution in [0.1, 0.15) is 23.2 Å². The third-order valence-electron chi connectivity index (χ3n) is 2.43. The molecule has 2 aromatic rings. The number of hydrogen-bond donors (Lipinski definition) is 0. The normalized spacial score (nSPS) is 10.5. The van der Waals surface area contributed by atoms with Crippen molar-refractivity contribution in [2.75, 3.05) is 6.61 Å². The maximum atomic E-state index is 11.7. The van der Waals surface area contributed by atoms with E-state index in [0.717, 1.165) is 0 Å². The number of oxazole rings is 1. The summed E-state index contributed by atoms with van der Waals surface area (Å²) in [6, 6.07) is 5.06. The maximum Gasteiger partial charge on any atom is 0.376 e. The molecule has 4 nitrogen and oxygen atoms in total. The van der Waals surface area contributed by atoms with Gasteiger partial charge in [-0.1, -0.05) is 29.3 Å². The summed E-state index contributed by atoms with van der Waals surface area (Å²) in [6.07, 6.45) is 0. The molecule has 100 valence electrons. The van der Waals surface area contributed by atoms with E-state index >= 15 is 0 Å². The van der Waals surface area contributed by atoms with Crippen molar-refractivity contribution in [1.82, 2.24) is 4.98 Å². The van der Waals surface area contributed by atoms with E-state index in [0.29, 0.717) is 21.3 Å². The zero-order chi connectivity index (χ0) is 14.0. The predicted octanol–water partition coefficient (Wildman–Crippen LogP) is 4.13. The predicted molar refractivity (Wildman–Crippen MR) is 72.7 cm³/mol. The molecule has 0 aliphatic heterocycles. The second-order valence-corrected chi connectivity index (χ2v) is 4.57. The number of hydrogen-bond acceptors (Lipinski definition) is 4. The highest BCUT2D eigenvalue weighted by atomic mass is 35.5. The fourth-order valence-corrected chi connectivity index (χ4v) is 2.15. The fraction of sp³-hybridized carbons (Fsp3) is 0.231. The van der Waals surface area contributed by atoms with Crippen LogP contribution in [0, 0.1) is 6.92 Å². The molecule has 0 amide bonds. The van der Waals surface area contributed by atoms with E-state index in [2.05, 4.69) is 4.98 Å². The number of benzene rings is 1. The second kappa shape index (κ2) is 5.63. The summed E-state index contributed by atoms with van der Waals surface area (Å²) < 4.78 is 10.3. The number of aromatic nitrogens is 1. The van der Waals surface area contributed by atoms with Gasteiger partial charge in [-0.15, -0.1) is 0 Å². The smallest absolute Gasteiger partial charge is 0.376 e.